The summed E-state index contributed by atoms with van der Waals surface area (Å²) in [5.41, 5.74) is 2.35. The summed E-state index contributed by atoms with van der Waals surface area (Å²) >= 11 is 1.50. The first-order chi connectivity index (χ1) is 12.0. The molecule has 3 aromatic rings. The molecule has 0 aliphatic heterocycles. The lowest BCUT2D eigenvalue weighted by molar-refractivity contribution is -0.113. The Morgan fingerprint density at radius 1 is 1.16 bits per heavy atom. The molecule has 0 atom stereocenters. The Morgan fingerprint density at radius 2 is 1.92 bits per heavy atom. The van der Waals surface area contributed by atoms with Crippen molar-refractivity contribution < 1.29 is 9.59 Å². The zero-order valence-corrected chi connectivity index (χ0v) is 15.3. The Morgan fingerprint density at radius 3 is 2.60 bits per heavy atom. The normalized spacial score (nSPS) is 10.7. The van der Waals surface area contributed by atoms with Crippen molar-refractivity contribution in [3.05, 3.63) is 57.9 Å². The number of nitrogens with zero attached hydrogens (tertiary/aromatic N) is 1. The number of carbonyl (C=O) groups excluding carboxylic acids is 2. The average molecular weight is 349 g/mol. The van der Waals surface area contributed by atoms with Crippen LogP contribution in [0.5, 0.6) is 0 Å². The Balaban J connectivity index is 2.03. The molecular weight excluding hydrogens is 330 g/mol. The molecule has 0 aliphatic carbocycles. The molecule has 0 bridgehead atoms. The van der Waals surface area contributed by atoms with Gasteiger partial charge < -0.3 is 4.57 Å². The van der Waals surface area contributed by atoms with Crippen LogP contribution in [0.4, 0.5) is 0 Å². The lowest BCUT2D eigenvalue weighted by Crippen LogP contribution is -2.13. The predicted octanol–water partition coefficient (Wildman–Crippen LogP) is 4.24. The lowest BCUT2D eigenvalue weighted by Gasteiger charge is -2.07. The Hall–Kier alpha value is -2.64. The number of aromatic nitrogens is 1. The van der Waals surface area contributed by atoms with Gasteiger partial charge in [0.05, 0.1) is 11.3 Å². The van der Waals surface area contributed by atoms with Crippen LogP contribution < -0.4 is 0 Å². The number of ketones is 2. The van der Waals surface area contributed by atoms with E-state index >= 15 is 0 Å². The Kier molecular flexibility index (Phi) is 4.87. The molecule has 126 valence electrons. The predicted molar refractivity (Wildman–Crippen MR) is 102 cm³/mol. The highest BCUT2D eigenvalue weighted by Gasteiger charge is 2.23. The number of hydrogen-bond donors (Lipinski definition) is 0. The number of Topliss-reactive ketones (excluding diaryl/α,β-unsaturated/α-hetero) is 2. The second kappa shape index (κ2) is 7.08. The van der Waals surface area contributed by atoms with Crippen LogP contribution in [0.25, 0.3) is 10.9 Å². The van der Waals surface area contributed by atoms with Crippen molar-refractivity contribution in [1.82, 2.24) is 4.57 Å². The summed E-state index contributed by atoms with van der Waals surface area (Å²) in [6.45, 7) is 3.76. The van der Waals surface area contributed by atoms with Gasteiger partial charge >= 0.3 is 0 Å². The summed E-state index contributed by atoms with van der Waals surface area (Å²) < 4.78 is 1.94. The molecule has 25 heavy (non-hydrogen) atoms. The molecule has 1 aromatic carbocycles. The van der Waals surface area contributed by atoms with Crippen molar-refractivity contribution in [3.8, 4) is 11.8 Å². The van der Waals surface area contributed by atoms with Crippen LogP contribution >= 0.6 is 11.3 Å². The molecule has 0 spiro atoms. The van der Waals surface area contributed by atoms with Gasteiger partial charge in [-0.15, -0.1) is 11.3 Å². The van der Waals surface area contributed by atoms with Gasteiger partial charge in [-0.05, 0) is 29.4 Å². The number of hydrogen-bond acceptors (Lipinski definition) is 3. The second-order valence-corrected chi connectivity index (χ2v) is 7.19. The van der Waals surface area contributed by atoms with Gasteiger partial charge in [0, 0.05) is 35.1 Å². The lowest BCUT2D eigenvalue weighted by atomic mass is 9.96. The van der Waals surface area contributed by atoms with E-state index in [1.165, 1.54) is 11.3 Å². The van der Waals surface area contributed by atoms with Gasteiger partial charge in [0.1, 0.15) is 0 Å². The third kappa shape index (κ3) is 3.42. The number of thiophene rings is 1. The van der Waals surface area contributed by atoms with E-state index in [0.29, 0.717) is 5.56 Å². The summed E-state index contributed by atoms with van der Waals surface area (Å²) in [6.07, 6.45) is 0.136. The van der Waals surface area contributed by atoms with Crippen molar-refractivity contribution in [3.63, 3.8) is 0 Å². The number of para-hydroxylation sites is 1. The van der Waals surface area contributed by atoms with Crippen LogP contribution in [-0.4, -0.2) is 16.1 Å². The van der Waals surface area contributed by atoms with E-state index in [1.807, 2.05) is 67.2 Å². The maximum atomic E-state index is 12.8. The molecule has 2 aromatic heterocycles. The summed E-state index contributed by atoms with van der Waals surface area (Å²) in [5, 5.41) is 2.83. The molecule has 0 saturated carbocycles. The van der Waals surface area contributed by atoms with E-state index in [-0.39, 0.29) is 23.9 Å². The third-order valence-electron chi connectivity index (χ3n) is 4.17. The van der Waals surface area contributed by atoms with E-state index < -0.39 is 0 Å². The van der Waals surface area contributed by atoms with Gasteiger partial charge in [-0.3, -0.25) is 9.59 Å². The van der Waals surface area contributed by atoms with Gasteiger partial charge in [-0.2, -0.15) is 0 Å². The summed E-state index contributed by atoms with van der Waals surface area (Å²) in [4.78, 5) is 26.0. The fourth-order valence-corrected chi connectivity index (χ4v) is 3.46. The van der Waals surface area contributed by atoms with Gasteiger partial charge in [0.25, 0.3) is 0 Å². The maximum Gasteiger partial charge on any atom is 0.211 e. The van der Waals surface area contributed by atoms with E-state index in [2.05, 4.69) is 11.8 Å². The minimum atomic E-state index is -0.183. The fraction of sp³-hybridized carbons (Fsp3) is 0.238. The molecule has 4 heteroatoms. The number of aryl methyl sites for hydroxylation is 1. The molecule has 2 heterocycles. The SMILES string of the molecule is CC(C)C(=O)c1c(CC(=O)C#Cc2cccs2)n(C)c2ccccc12. The smallest absolute Gasteiger partial charge is 0.211 e. The van der Waals surface area contributed by atoms with E-state index in [1.54, 1.807) is 0 Å². The van der Waals surface area contributed by atoms with Crippen LogP contribution in [0.15, 0.2) is 41.8 Å². The maximum absolute atomic E-state index is 12.8. The topological polar surface area (TPSA) is 39.1 Å². The van der Waals surface area contributed by atoms with Crippen molar-refractivity contribution >= 4 is 33.8 Å². The minimum absolute atomic E-state index is 0.0609. The molecule has 0 N–H and O–H groups in total. The van der Waals surface area contributed by atoms with Crippen LogP contribution in [0, 0.1) is 17.8 Å². The monoisotopic (exact) mass is 349 g/mol. The van der Waals surface area contributed by atoms with Gasteiger partial charge in [-0.25, -0.2) is 0 Å². The third-order valence-corrected chi connectivity index (χ3v) is 4.96. The number of rotatable bonds is 4. The first kappa shape index (κ1) is 17.2. The van der Waals surface area contributed by atoms with Gasteiger partial charge in [-0.1, -0.05) is 38.1 Å². The van der Waals surface area contributed by atoms with Crippen LogP contribution in [0.3, 0.4) is 0 Å². The highest BCUT2D eigenvalue weighted by Crippen LogP contribution is 2.28. The fourth-order valence-electron chi connectivity index (χ4n) is 2.89. The van der Waals surface area contributed by atoms with Gasteiger partial charge in [0.15, 0.2) is 5.78 Å². The number of fused-ring (bicyclic) bond motifs is 1. The van der Waals surface area contributed by atoms with E-state index in [9.17, 15) is 9.59 Å². The number of benzene rings is 1. The zero-order valence-electron chi connectivity index (χ0n) is 14.5. The first-order valence-electron chi connectivity index (χ1n) is 8.18. The molecule has 0 fully saturated rings. The largest absolute Gasteiger partial charge is 0.346 e. The van der Waals surface area contributed by atoms with Crippen molar-refractivity contribution in [1.29, 1.82) is 0 Å². The molecule has 3 rings (SSSR count). The Labute approximate surface area is 151 Å². The number of carbonyl (C=O) groups is 2. The summed E-state index contributed by atoms with van der Waals surface area (Å²) in [6, 6.07) is 11.6. The second-order valence-electron chi connectivity index (χ2n) is 6.24. The highest BCUT2D eigenvalue weighted by molar-refractivity contribution is 7.10. The first-order valence-corrected chi connectivity index (χ1v) is 9.06. The standard InChI is InChI=1S/C21H19NO2S/c1-14(2)21(24)20-17-8-4-5-9-18(17)22(3)19(20)13-15(23)10-11-16-7-6-12-25-16/h4-9,12,14H,13H2,1-3H3. The zero-order chi connectivity index (χ0) is 18.0. The van der Waals surface area contributed by atoms with Crippen LogP contribution in [-0.2, 0) is 18.3 Å². The molecule has 3 nitrogen and oxygen atoms in total. The van der Waals surface area contributed by atoms with Gasteiger partial charge in [0.2, 0.25) is 5.78 Å². The van der Waals surface area contributed by atoms with Crippen molar-refractivity contribution in [2.75, 3.05) is 0 Å². The molecule has 0 amide bonds. The minimum Gasteiger partial charge on any atom is -0.346 e. The van der Waals surface area contributed by atoms with E-state index in [0.717, 1.165) is 21.5 Å². The van der Waals surface area contributed by atoms with Crippen molar-refractivity contribution in [2.45, 2.75) is 20.3 Å². The highest BCUT2D eigenvalue weighted by atomic mass is 32.1. The van der Waals surface area contributed by atoms with Crippen LogP contribution in [0.1, 0.15) is 34.8 Å². The van der Waals surface area contributed by atoms with Crippen LogP contribution in [0.2, 0.25) is 0 Å². The summed E-state index contributed by atoms with van der Waals surface area (Å²) in [7, 11) is 1.90. The quantitative estimate of drug-likeness (QED) is 0.522. The summed E-state index contributed by atoms with van der Waals surface area (Å²) in [5.74, 6) is 5.34. The molecule has 0 unspecified atom stereocenters. The van der Waals surface area contributed by atoms with Crippen molar-refractivity contribution in [2.24, 2.45) is 13.0 Å². The molecule has 0 saturated heterocycles. The van der Waals surface area contributed by atoms with E-state index in [4.69, 9.17) is 0 Å². The molecule has 0 radical (unpaired) electrons. The molecular formula is C21H19NO2S. The Bertz CT molecular complexity index is 998. The average Bonchev–Trinajstić information content (AvgIpc) is 3.20. The molecule has 0 aliphatic rings.